The average Bonchev–Trinajstić information content (AvgIpc) is 2.69. The van der Waals surface area contributed by atoms with E-state index >= 15 is 0 Å². The molecular weight excluding hydrogens is 289 g/mol. The summed E-state index contributed by atoms with van der Waals surface area (Å²) in [7, 11) is 2.92. The van der Waals surface area contributed by atoms with E-state index in [0.717, 1.165) is 25.3 Å². The number of hydrogen-bond acceptors (Lipinski definition) is 4. The van der Waals surface area contributed by atoms with Gasteiger partial charge in [-0.3, -0.25) is 4.79 Å². The van der Waals surface area contributed by atoms with Gasteiger partial charge in [0.25, 0.3) is 5.91 Å². The molecule has 0 spiro atoms. The molecule has 5 nitrogen and oxygen atoms in total. The number of aliphatic hydroxyl groups excluding tert-OH is 1. The van der Waals surface area contributed by atoms with Crippen LogP contribution in [0.1, 0.15) is 36.0 Å². The molecule has 2 N–H and O–H groups in total. The van der Waals surface area contributed by atoms with Crippen LogP contribution in [0.3, 0.4) is 0 Å². The van der Waals surface area contributed by atoms with Gasteiger partial charge in [0.15, 0.2) is 11.6 Å². The number of carbonyl (C=O) groups is 1. The van der Waals surface area contributed by atoms with Gasteiger partial charge in [0.05, 0.1) is 19.3 Å². The lowest BCUT2D eigenvalue weighted by atomic mass is 10.0. The molecule has 22 heavy (non-hydrogen) atoms. The maximum Gasteiger partial charge on any atom is 0.251 e. The molecule has 0 aliphatic heterocycles. The summed E-state index contributed by atoms with van der Waals surface area (Å²) >= 11 is 0. The minimum atomic E-state index is -0.764. The summed E-state index contributed by atoms with van der Waals surface area (Å²) in [5.74, 6) is -0.917. The Morgan fingerprint density at radius 1 is 1.32 bits per heavy atom. The van der Waals surface area contributed by atoms with E-state index in [-0.39, 0.29) is 17.4 Å². The largest absolute Gasteiger partial charge is 0.494 e. The number of hydrogen-bond donors (Lipinski definition) is 2. The summed E-state index contributed by atoms with van der Waals surface area (Å²) < 4.78 is 23.8. The third-order valence-electron chi connectivity index (χ3n) is 4.08. The van der Waals surface area contributed by atoms with E-state index in [1.807, 2.05) is 0 Å². The zero-order chi connectivity index (χ0) is 16.1. The predicted octanol–water partition coefficient (Wildman–Crippen LogP) is 1.88. The lowest BCUT2D eigenvalue weighted by Crippen LogP contribution is -2.48. The predicted molar refractivity (Wildman–Crippen MR) is 79.5 cm³/mol. The van der Waals surface area contributed by atoms with Crippen molar-refractivity contribution in [2.24, 2.45) is 0 Å². The van der Waals surface area contributed by atoms with Crippen LogP contribution in [-0.2, 0) is 4.74 Å². The fourth-order valence-corrected chi connectivity index (χ4v) is 2.78. The number of nitrogens with one attached hydrogen (secondary N) is 1. The second-order valence-corrected chi connectivity index (χ2v) is 5.48. The first kappa shape index (κ1) is 16.7. The number of amides is 1. The van der Waals surface area contributed by atoms with Gasteiger partial charge in [0, 0.05) is 12.7 Å². The summed E-state index contributed by atoms with van der Waals surface area (Å²) in [6, 6.07) is 3.63. The Morgan fingerprint density at radius 2 is 2.05 bits per heavy atom. The average molecular weight is 311 g/mol. The molecule has 1 aromatic rings. The van der Waals surface area contributed by atoms with Crippen LogP contribution in [0.4, 0.5) is 4.39 Å². The minimum absolute atomic E-state index is 0.0884. The number of methoxy groups -OCH3 is 2. The van der Waals surface area contributed by atoms with Crippen molar-refractivity contribution < 1.29 is 23.8 Å². The molecule has 1 amide bonds. The standard InChI is InChI=1S/C16H22FNO4/c1-21-13-8-7-10(9-11(13)17)16(20)18-12-5-3-4-6-14(22-2)15(12)19/h7-9,12,14-15,19H,3-6H2,1-2H3,(H,18,20)/t12-,14-,15-/m1/s1. The quantitative estimate of drug-likeness (QED) is 0.833. The number of aliphatic hydroxyl groups is 1. The van der Waals surface area contributed by atoms with Gasteiger partial charge in [-0.25, -0.2) is 4.39 Å². The molecule has 2 rings (SSSR count). The summed E-state index contributed by atoms with van der Waals surface area (Å²) in [6.07, 6.45) is 2.23. The second kappa shape index (κ2) is 7.56. The van der Waals surface area contributed by atoms with Gasteiger partial charge < -0.3 is 19.9 Å². The molecule has 0 bridgehead atoms. The van der Waals surface area contributed by atoms with Crippen molar-refractivity contribution in [2.75, 3.05) is 14.2 Å². The molecule has 0 aromatic heterocycles. The Balaban J connectivity index is 2.08. The van der Waals surface area contributed by atoms with Gasteiger partial charge in [-0.15, -0.1) is 0 Å². The van der Waals surface area contributed by atoms with Crippen LogP contribution in [-0.4, -0.2) is 43.5 Å². The van der Waals surface area contributed by atoms with E-state index in [2.05, 4.69) is 5.32 Å². The third-order valence-corrected chi connectivity index (χ3v) is 4.08. The van der Waals surface area contributed by atoms with Crippen LogP contribution in [0.2, 0.25) is 0 Å². The fourth-order valence-electron chi connectivity index (χ4n) is 2.78. The molecule has 0 unspecified atom stereocenters. The summed E-state index contributed by atoms with van der Waals surface area (Å²) in [5.41, 5.74) is 0.198. The molecule has 1 saturated carbocycles. The zero-order valence-electron chi connectivity index (χ0n) is 12.8. The van der Waals surface area contributed by atoms with Crippen molar-refractivity contribution in [1.29, 1.82) is 0 Å². The van der Waals surface area contributed by atoms with Gasteiger partial charge in [-0.1, -0.05) is 12.8 Å². The molecular formula is C16H22FNO4. The van der Waals surface area contributed by atoms with Gasteiger partial charge in [0.2, 0.25) is 0 Å². The van der Waals surface area contributed by atoms with Crippen LogP contribution >= 0.6 is 0 Å². The topological polar surface area (TPSA) is 67.8 Å². The molecule has 122 valence electrons. The van der Waals surface area contributed by atoms with Crippen molar-refractivity contribution in [2.45, 2.75) is 43.9 Å². The van der Waals surface area contributed by atoms with Crippen molar-refractivity contribution in [1.82, 2.24) is 5.32 Å². The summed E-state index contributed by atoms with van der Waals surface area (Å²) in [4.78, 5) is 12.2. The Labute approximate surface area is 129 Å². The van der Waals surface area contributed by atoms with Crippen molar-refractivity contribution in [3.63, 3.8) is 0 Å². The van der Waals surface area contributed by atoms with Gasteiger partial charge in [0.1, 0.15) is 6.10 Å². The lowest BCUT2D eigenvalue weighted by Gasteiger charge is -2.27. The van der Waals surface area contributed by atoms with E-state index in [4.69, 9.17) is 9.47 Å². The maximum absolute atomic E-state index is 13.7. The van der Waals surface area contributed by atoms with E-state index in [1.165, 1.54) is 19.2 Å². The van der Waals surface area contributed by atoms with Crippen molar-refractivity contribution >= 4 is 5.91 Å². The third kappa shape index (κ3) is 3.75. The molecule has 0 saturated heterocycles. The normalized spacial score (nSPS) is 25.4. The maximum atomic E-state index is 13.7. The molecule has 0 radical (unpaired) electrons. The van der Waals surface area contributed by atoms with Crippen LogP contribution < -0.4 is 10.1 Å². The minimum Gasteiger partial charge on any atom is -0.494 e. The molecule has 6 heteroatoms. The first-order valence-electron chi connectivity index (χ1n) is 7.42. The van der Waals surface area contributed by atoms with Crippen LogP contribution in [0.25, 0.3) is 0 Å². The highest BCUT2D eigenvalue weighted by Crippen LogP contribution is 2.22. The SMILES string of the molecule is COc1ccc(C(=O)N[C@@H]2CCCC[C@@H](OC)[C@@H]2O)cc1F. The summed E-state index contributed by atoms with van der Waals surface area (Å²) in [6.45, 7) is 0. The van der Waals surface area contributed by atoms with Gasteiger partial charge in [-0.05, 0) is 31.0 Å². The van der Waals surface area contributed by atoms with E-state index in [9.17, 15) is 14.3 Å². The van der Waals surface area contributed by atoms with Crippen LogP contribution in [0.5, 0.6) is 5.75 Å². The van der Waals surface area contributed by atoms with Crippen molar-refractivity contribution in [3.05, 3.63) is 29.6 Å². The zero-order valence-corrected chi connectivity index (χ0v) is 12.8. The number of carbonyl (C=O) groups excluding carboxylic acids is 1. The number of benzene rings is 1. The van der Waals surface area contributed by atoms with E-state index in [0.29, 0.717) is 6.42 Å². The lowest BCUT2D eigenvalue weighted by molar-refractivity contribution is -0.0277. The molecule has 3 atom stereocenters. The van der Waals surface area contributed by atoms with Gasteiger partial charge >= 0.3 is 0 Å². The monoisotopic (exact) mass is 311 g/mol. The van der Waals surface area contributed by atoms with E-state index < -0.39 is 23.9 Å². The molecule has 0 heterocycles. The Morgan fingerprint density at radius 3 is 2.68 bits per heavy atom. The second-order valence-electron chi connectivity index (χ2n) is 5.48. The first-order valence-corrected chi connectivity index (χ1v) is 7.42. The Hall–Kier alpha value is -1.66. The smallest absolute Gasteiger partial charge is 0.251 e. The highest BCUT2D eigenvalue weighted by Gasteiger charge is 2.31. The number of ether oxygens (including phenoxy) is 2. The molecule has 1 aliphatic carbocycles. The fraction of sp³-hybridized carbons (Fsp3) is 0.562. The van der Waals surface area contributed by atoms with Crippen molar-refractivity contribution in [3.8, 4) is 5.75 Å². The Kier molecular flexibility index (Phi) is 5.74. The number of rotatable bonds is 4. The number of halogens is 1. The molecule has 1 fully saturated rings. The van der Waals surface area contributed by atoms with Crippen LogP contribution in [0, 0.1) is 5.82 Å². The van der Waals surface area contributed by atoms with Crippen LogP contribution in [0.15, 0.2) is 18.2 Å². The Bertz CT molecular complexity index is 523. The summed E-state index contributed by atoms with van der Waals surface area (Å²) in [5, 5.41) is 13.1. The molecule has 1 aliphatic rings. The van der Waals surface area contributed by atoms with Gasteiger partial charge in [-0.2, -0.15) is 0 Å². The molecule has 1 aromatic carbocycles. The highest BCUT2D eigenvalue weighted by molar-refractivity contribution is 5.94. The van der Waals surface area contributed by atoms with E-state index in [1.54, 1.807) is 7.11 Å². The first-order chi connectivity index (χ1) is 10.6. The highest BCUT2D eigenvalue weighted by atomic mass is 19.1.